The maximum absolute atomic E-state index is 9.25. The first-order chi connectivity index (χ1) is 13.7. The zero-order chi connectivity index (χ0) is 19.1. The van der Waals surface area contributed by atoms with Crippen LogP contribution in [-0.4, -0.2) is 4.57 Å². The summed E-state index contributed by atoms with van der Waals surface area (Å²) in [6, 6.07) is 33.9. The average molecular weight is 358 g/mol. The van der Waals surface area contributed by atoms with Crippen LogP contribution >= 0.6 is 0 Å². The van der Waals surface area contributed by atoms with E-state index in [0.717, 1.165) is 22.4 Å². The molecule has 0 N–H and O–H groups in total. The molecule has 0 radical (unpaired) electrons. The van der Waals surface area contributed by atoms with E-state index in [1.54, 1.807) is 0 Å². The summed E-state index contributed by atoms with van der Waals surface area (Å²) in [6.45, 7) is 2.02. The zero-order valence-corrected chi connectivity index (χ0v) is 15.6. The summed E-state index contributed by atoms with van der Waals surface area (Å²) < 4.78 is 2.31. The zero-order valence-electron chi connectivity index (χ0n) is 15.6. The highest BCUT2D eigenvalue weighted by Gasteiger charge is 2.11. The molecule has 0 saturated heterocycles. The second-order valence-corrected chi connectivity index (χ2v) is 7.12. The molecule has 2 nitrogen and oxygen atoms in total. The van der Waals surface area contributed by atoms with Gasteiger partial charge in [-0.15, -0.1) is 0 Å². The lowest BCUT2D eigenvalue weighted by atomic mass is 10.0. The first-order valence-electron chi connectivity index (χ1n) is 9.35. The Labute approximate surface area is 163 Å². The predicted octanol–water partition coefficient (Wildman–Crippen LogP) is 6.63. The van der Waals surface area contributed by atoms with Gasteiger partial charge in [0.25, 0.3) is 0 Å². The van der Waals surface area contributed by atoms with E-state index in [2.05, 4.69) is 89.5 Å². The fourth-order valence-electron chi connectivity index (χ4n) is 4.02. The van der Waals surface area contributed by atoms with Crippen molar-refractivity contribution in [3.63, 3.8) is 0 Å². The van der Waals surface area contributed by atoms with Crippen molar-refractivity contribution < 1.29 is 0 Å². The molecule has 5 rings (SSSR count). The molecule has 1 aromatic heterocycles. The number of hydrogen-bond acceptors (Lipinski definition) is 1. The van der Waals surface area contributed by atoms with Crippen LogP contribution in [-0.2, 0) is 0 Å². The largest absolute Gasteiger partial charge is 0.309 e. The number of para-hydroxylation sites is 2. The first-order valence-corrected chi connectivity index (χ1v) is 9.35. The van der Waals surface area contributed by atoms with E-state index in [-0.39, 0.29) is 0 Å². The molecule has 0 fully saturated rings. The highest BCUT2D eigenvalue weighted by Crippen LogP contribution is 2.32. The smallest absolute Gasteiger partial charge is 0.0991 e. The van der Waals surface area contributed by atoms with Crippen LogP contribution in [0.1, 0.15) is 11.1 Å². The van der Waals surface area contributed by atoms with Crippen molar-refractivity contribution in [1.82, 2.24) is 4.57 Å². The maximum Gasteiger partial charge on any atom is 0.0991 e. The van der Waals surface area contributed by atoms with E-state index in [1.807, 2.05) is 19.1 Å². The molecule has 0 aliphatic rings. The lowest BCUT2D eigenvalue weighted by Gasteiger charge is -2.10. The minimum absolute atomic E-state index is 0.696. The minimum Gasteiger partial charge on any atom is -0.309 e. The van der Waals surface area contributed by atoms with E-state index >= 15 is 0 Å². The average Bonchev–Trinajstić information content (AvgIpc) is 3.08. The van der Waals surface area contributed by atoms with Gasteiger partial charge in [-0.2, -0.15) is 5.26 Å². The molecule has 2 heteroatoms. The first kappa shape index (κ1) is 16.4. The predicted molar refractivity (Wildman–Crippen MR) is 116 cm³/mol. The Morgan fingerprint density at radius 2 is 1.29 bits per heavy atom. The summed E-state index contributed by atoms with van der Waals surface area (Å²) in [5.74, 6) is 0. The Hall–Kier alpha value is -3.83. The van der Waals surface area contributed by atoms with Gasteiger partial charge in [-0.1, -0.05) is 54.6 Å². The van der Waals surface area contributed by atoms with Gasteiger partial charge in [0.05, 0.1) is 22.7 Å². The van der Waals surface area contributed by atoms with E-state index < -0.39 is 0 Å². The molecule has 0 atom stereocenters. The van der Waals surface area contributed by atoms with Gasteiger partial charge in [-0.05, 0) is 60.0 Å². The second kappa shape index (κ2) is 6.40. The van der Waals surface area contributed by atoms with Crippen LogP contribution in [0.5, 0.6) is 0 Å². The molecule has 0 bridgehead atoms. The molecule has 0 unspecified atom stereocenters. The van der Waals surface area contributed by atoms with Crippen LogP contribution in [0.4, 0.5) is 0 Å². The van der Waals surface area contributed by atoms with Crippen LogP contribution < -0.4 is 0 Å². The number of aromatic nitrogens is 1. The molecule has 132 valence electrons. The highest BCUT2D eigenvalue weighted by molar-refractivity contribution is 6.09. The fourth-order valence-corrected chi connectivity index (χ4v) is 4.02. The van der Waals surface area contributed by atoms with Gasteiger partial charge in [0.1, 0.15) is 0 Å². The van der Waals surface area contributed by atoms with Crippen molar-refractivity contribution in [1.29, 1.82) is 5.26 Å². The number of hydrogen-bond donors (Lipinski definition) is 0. The summed E-state index contributed by atoms with van der Waals surface area (Å²) in [6.07, 6.45) is 0. The fraction of sp³-hybridized carbons (Fsp3) is 0.0385. The Bertz CT molecular complexity index is 1310. The molecule has 0 aliphatic carbocycles. The van der Waals surface area contributed by atoms with Gasteiger partial charge < -0.3 is 4.57 Å². The molecule has 0 aliphatic heterocycles. The van der Waals surface area contributed by atoms with Crippen LogP contribution in [0.2, 0.25) is 0 Å². The molecule has 0 saturated carbocycles. The molecular formula is C26H18N2. The summed E-state index contributed by atoms with van der Waals surface area (Å²) in [4.78, 5) is 0. The quantitative estimate of drug-likeness (QED) is 0.348. The molecule has 5 aromatic rings. The third-order valence-electron chi connectivity index (χ3n) is 5.25. The van der Waals surface area contributed by atoms with Crippen molar-refractivity contribution in [2.24, 2.45) is 0 Å². The van der Waals surface area contributed by atoms with Crippen LogP contribution in [0.15, 0.2) is 91.0 Å². The second-order valence-electron chi connectivity index (χ2n) is 7.12. The molecule has 1 heterocycles. The molecule has 28 heavy (non-hydrogen) atoms. The summed E-state index contributed by atoms with van der Waals surface area (Å²) in [5, 5.41) is 11.8. The van der Waals surface area contributed by atoms with E-state index in [4.69, 9.17) is 0 Å². The monoisotopic (exact) mass is 358 g/mol. The topological polar surface area (TPSA) is 28.7 Å². The summed E-state index contributed by atoms with van der Waals surface area (Å²) >= 11 is 0. The minimum atomic E-state index is 0.696. The highest BCUT2D eigenvalue weighted by atomic mass is 15.0. The SMILES string of the molecule is Cc1cc(C#N)cc(-c2ccc(-n3c4ccccc4c4ccccc43)cc2)c1. The van der Waals surface area contributed by atoms with Crippen LogP contribution in [0.25, 0.3) is 38.6 Å². The lowest BCUT2D eigenvalue weighted by molar-refractivity contribution is 1.18. The van der Waals surface area contributed by atoms with Gasteiger partial charge in [-0.3, -0.25) is 0 Å². The number of nitrogens with zero attached hydrogens (tertiary/aromatic N) is 2. The molecule has 0 spiro atoms. The molecule has 0 amide bonds. The van der Waals surface area contributed by atoms with Crippen LogP contribution in [0, 0.1) is 18.3 Å². The Morgan fingerprint density at radius 1 is 0.679 bits per heavy atom. The van der Waals surface area contributed by atoms with Gasteiger partial charge in [-0.25, -0.2) is 0 Å². The van der Waals surface area contributed by atoms with E-state index in [9.17, 15) is 5.26 Å². The number of rotatable bonds is 2. The van der Waals surface area contributed by atoms with Gasteiger partial charge in [0.15, 0.2) is 0 Å². The normalized spacial score (nSPS) is 11.0. The Balaban J connectivity index is 1.68. The van der Waals surface area contributed by atoms with E-state index in [0.29, 0.717) is 5.56 Å². The molecule has 4 aromatic carbocycles. The Kier molecular flexibility index (Phi) is 3.74. The summed E-state index contributed by atoms with van der Waals surface area (Å²) in [7, 11) is 0. The number of nitriles is 1. The maximum atomic E-state index is 9.25. The van der Waals surface area contributed by atoms with Crippen molar-refractivity contribution in [2.75, 3.05) is 0 Å². The Morgan fingerprint density at radius 3 is 1.89 bits per heavy atom. The van der Waals surface area contributed by atoms with Gasteiger partial charge in [0, 0.05) is 16.5 Å². The molecular weight excluding hydrogens is 340 g/mol. The van der Waals surface area contributed by atoms with Crippen molar-refractivity contribution in [2.45, 2.75) is 6.92 Å². The van der Waals surface area contributed by atoms with Gasteiger partial charge in [0.2, 0.25) is 0 Å². The standard InChI is InChI=1S/C26H18N2/c1-18-14-19(17-27)16-21(15-18)20-10-12-22(13-11-20)28-25-8-4-2-6-23(25)24-7-3-5-9-26(24)28/h2-16H,1H3. The van der Waals surface area contributed by atoms with Gasteiger partial charge >= 0.3 is 0 Å². The number of fused-ring (bicyclic) bond motifs is 3. The third-order valence-corrected chi connectivity index (χ3v) is 5.25. The van der Waals surface area contributed by atoms with Crippen LogP contribution in [0.3, 0.4) is 0 Å². The number of benzene rings is 4. The summed E-state index contributed by atoms with van der Waals surface area (Å²) in [5.41, 5.74) is 7.53. The van der Waals surface area contributed by atoms with E-state index in [1.165, 1.54) is 21.8 Å². The lowest BCUT2D eigenvalue weighted by Crippen LogP contribution is -1.93. The third kappa shape index (κ3) is 2.57. The van der Waals surface area contributed by atoms with Crippen molar-refractivity contribution in [3.8, 4) is 22.9 Å². The van der Waals surface area contributed by atoms with Crippen molar-refractivity contribution >= 4 is 21.8 Å². The van der Waals surface area contributed by atoms with Crippen molar-refractivity contribution in [3.05, 3.63) is 102 Å². The number of aryl methyl sites for hydroxylation is 1.